The van der Waals surface area contributed by atoms with Gasteiger partial charge in [0.15, 0.2) is 0 Å². The van der Waals surface area contributed by atoms with Gasteiger partial charge in [0, 0.05) is 27.6 Å². The van der Waals surface area contributed by atoms with Crippen LogP contribution in [-0.2, 0) is 0 Å². The molecule has 2 aromatic heterocycles. The fraction of sp³-hybridized carbons (Fsp3) is 0.400. The van der Waals surface area contributed by atoms with Crippen molar-refractivity contribution in [1.29, 1.82) is 0 Å². The van der Waals surface area contributed by atoms with Crippen LogP contribution in [-0.4, -0.2) is 28.1 Å². The van der Waals surface area contributed by atoms with Crippen molar-refractivity contribution < 1.29 is 9.90 Å². The normalized spacial score (nSPS) is 23.4. The molecule has 1 saturated carbocycles. The van der Waals surface area contributed by atoms with E-state index in [0.29, 0.717) is 11.4 Å². The van der Waals surface area contributed by atoms with Crippen molar-refractivity contribution in [1.82, 2.24) is 4.98 Å². The number of carbonyl (C=O) groups is 1. The van der Waals surface area contributed by atoms with E-state index in [1.807, 2.05) is 6.07 Å². The molecule has 26 heavy (non-hydrogen) atoms. The number of fused-ring (bicyclic) bond motifs is 3. The number of nitrogens with two attached hydrogens (primary N) is 1. The predicted octanol–water partition coefficient (Wildman–Crippen LogP) is 4.47. The molecule has 6 heteroatoms. The van der Waals surface area contributed by atoms with E-state index in [-0.39, 0.29) is 11.1 Å². The highest BCUT2D eigenvalue weighted by Gasteiger charge is 2.32. The third kappa shape index (κ3) is 3.04. The number of pyridine rings is 1. The van der Waals surface area contributed by atoms with Crippen LogP contribution in [0.2, 0.25) is 0 Å². The molecule has 1 aromatic carbocycles. The van der Waals surface area contributed by atoms with Gasteiger partial charge in [-0.15, -0.1) is 11.3 Å². The third-order valence-electron chi connectivity index (χ3n) is 5.61. The molecule has 136 valence electrons. The van der Waals surface area contributed by atoms with E-state index in [0.717, 1.165) is 40.7 Å². The number of carboxylic acid groups (broad SMARTS) is 1. The summed E-state index contributed by atoms with van der Waals surface area (Å²) in [6.45, 7) is 2.93. The van der Waals surface area contributed by atoms with Crippen LogP contribution in [0, 0.1) is 5.92 Å². The zero-order valence-electron chi connectivity index (χ0n) is 14.8. The average Bonchev–Trinajstić information content (AvgIpc) is 3.09. The molecule has 1 aliphatic carbocycles. The summed E-state index contributed by atoms with van der Waals surface area (Å²) in [6.07, 6.45) is 4.61. The molecule has 0 amide bonds. The number of benzene rings is 1. The summed E-state index contributed by atoms with van der Waals surface area (Å²) in [4.78, 5) is 16.0. The summed E-state index contributed by atoms with van der Waals surface area (Å²) in [5.41, 5.74) is 7.32. The molecule has 4 rings (SSSR count). The second-order valence-electron chi connectivity index (χ2n) is 7.49. The van der Waals surface area contributed by atoms with Crippen LogP contribution in [0.15, 0.2) is 29.6 Å². The minimum atomic E-state index is -0.935. The van der Waals surface area contributed by atoms with Gasteiger partial charge in [0.2, 0.25) is 0 Å². The number of aromatic nitrogens is 1. The highest BCUT2D eigenvalue weighted by molar-refractivity contribution is 7.18. The molecule has 5 nitrogen and oxygen atoms in total. The van der Waals surface area contributed by atoms with Crippen molar-refractivity contribution in [2.75, 3.05) is 11.9 Å². The summed E-state index contributed by atoms with van der Waals surface area (Å²) in [5.74, 6) is 0.293. The number of hydrogen-bond donors (Lipinski definition) is 3. The molecule has 2 unspecified atom stereocenters. The summed E-state index contributed by atoms with van der Waals surface area (Å²) in [7, 11) is 0. The Morgan fingerprint density at radius 1 is 1.38 bits per heavy atom. The fourth-order valence-electron chi connectivity index (χ4n) is 3.95. The Labute approximate surface area is 156 Å². The van der Waals surface area contributed by atoms with Gasteiger partial charge in [-0.3, -0.25) is 0 Å². The maximum Gasteiger partial charge on any atom is 0.335 e. The van der Waals surface area contributed by atoms with Gasteiger partial charge >= 0.3 is 5.97 Å². The Hall–Kier alpha value is -2.18. The monoisotopic (exact) mass is 369 g/mol. The average molecular weight is 369 g/mol. The SMILES string of the molecule is CC1(N)CCCCC1CNc1nc2cc(C(=O)O)ccc2c2sccc12. The molecule has 3 aromatic rings. The van der Waals surface area contributed by atoms with Crippen molar-refractivity contribution in [3.8, 4) is 0 Å². The Kier molecular flexibility index (Phi) is 4.32. The topological polar surface area (TPSA) is 88.2 Å². The van der Waals surface area contributed by atoms with Gasteiger partial charge in [0.1, 0.15) is 5.82 Å². The first-order valence-electron chi connectivity index (χ1n) is 9.03. The first-order valence-corrected chi connectivity index (χ1v) is 9.91. The lowest BCUT2D eigenvalue weighted by atomic mass is 9.74. The molecular weight excluding hydrogens is 346 g/mol. The Balaban J connectivity index is 1.71. The first kappa shape index (κ1) is 17.2. The number of nitrogens with one attached hydrogen (secondary N) is 1. The van der Waals surface area contributed by atoms with E-state index in [9.17, 15) is 9.90 Å². The molecule has 1 fully saturated rings. The van der Waals surface area contributed by atoms with E-state index < -0.39 is 5.97 Å². The van der Waals surface area contributed by atoms with Crippen molar-refractivity contribution in [3.05, 3.63) is 35.2 Å². The third-order valence-corrected chi connectivity index (χ3v) is 6.56. The quantitative estimate of drug-likeness (QED) is 0.631. The van der Waals surface area contributed by atoms with Crippen molar-refractivity contribution >= 4 is 44.1 Å². The lowest BCUT2D eigenvalue weighted by Gasteiger charge is -2.38. The number of anilines is 1. The van der Waals surface area contributed by atoms with Crippen LogP contribution in [0.1, 0.15) is 43.0 Å². The molecular formula is C20H23N3O2S. The first-order chi connectivity index (χ1) is 12.5. The standard InChI is InChI=1S/C20H23N3O2S/c1-20(21)8-3-2-4-13(20)11-22-18-15-7-9-26-17(15)14-6-5-12(19(24)25)10-16(14)23-18/h5-7,9-10,13H,2-4,8,11,21H2,1H3,(H,22,23)(H,24,25). The summed E-state index contributed by atoms with van der Waals surface area (Å²) >= 11 is 1.65. The minimum absolute atomic E-state index is 0.146. The van der Waals surface area contributed by atoms with Crippen LogP contribution in [0.3, 0.4) is 0 Å². The summed E-state index contributed by atoms with van der Waals surface area (Å²) in [6, 6.07) is 7.21. The van der Waals surface area contributed by atoms with E-state index in [1.54, 1.807) is 23.5 Å². The Bertz CT molecular complexity index is 980. The zero-order valence-corrected chi connectivity index (χ0v) is 15.6. The molecule has 4 N–H and O–H groups in total. The molecule has 0 bridgehead atoms. The van der Waals surface area contributed by atoms with Gasteiger partial charge in [-0.25, -0.2) is 9.78 Å². The lowest BCUT2D eigenvalue weighted by molar-refractivity contribution is 0.0697. The zero-order chi connectivity index (χ0) is 18.3. The fourth-order valence-corrected chi connectivity index (χ4v) is 4.89. The van der Waals surface area contributed by atoms with Gasteiger partial charge in [0.05, 0.1) is 11.1 Å². The number of rotatable bonds is 4. The largest absolute Gasteiger partial charge is 0.478 e. The van der Waals surface area contributed by atoms with E-state index in [4.69, 9.17) is 10.7 Å². The number of thiophene rings is 1. The maximum atomic E-state index is 11.3. The Morgan fingerprint density at radius 2 is 2.23 bits per heavy atom. The van der Waals surface area contributed by atoms with E-state index in [2.05, 4.69) is 23.7 Å². The highest BCUT2D eigenvalue weighted by Crippen LogP contribution is 2.35. The molecule has 1 aliphatic rings. The van der Waals surface area contributed by atoms with Gasteiger partial charge in [-0.2, -0.15) is 0 Å². The molecule has 0 radical (unpaired) electrons. The molecule has 2 heterocycles. The predicted molar refractivity (Wildman–Crippen MR) is 107 cm³/mol. The maximum absolute atomic E-state index is 11.3. The Morgan fingerprint density at radius 3 is 3.00 bits per heavy atom. The minimum Gasteiger partial charge on any atom is -0.478 e. The summed E-state index contributed by atoms with van der Waals surface area (Å²) < 4.78 is 1.13. The summed E-state index contributed by atoms with van der Waals surface area (Å²) in [5, 5.41) is 16.9. The number of nitrogens with zero attached hydrogens (tertiary/aromatic N) is 1. The van der Waals surface area contributed by atoms with Crippen LogP contribution >= 0.6 is 11.3 Å². The van der Waals surface area contributed by atoms with E-state index in [1.165, 1.54) is 12.8 Å². The van der Waals surface area contributed by atoms with Crippen LogP contribution < -0.4 is 11.1 Å². The highest BCUT2D eigenvalue weighted by atomic mass is 32.1. The van der Waals surface area contributed by atoms with Crippen LogP contribution in [0.5, 0.6) is 0 Å². The van der Waals surface area contributed by atoms with Crippen LogP contribution in [0.4, 0.5) is 5.82 Å². The second-order valence-corrected chi connectivity index (χ2v) is 8.41. The van der Waals surface area contributed by atoms with E-state index >= 15 is 0 Å². The van der Waals surface area contributed by atoms with Gasteiger partial charge < -0.3 is 16.2 Å². The van der Waals surface area contributed by atoms with Crippen molar-refractivity contribution in [2.45, 2.75) is 38.1 Å². The number of hydrogen-bond acceptors (Lipinski definition) is 5. The van der Waals surface area contributed by atoms with Crippen molar-refractivity contribution in [3.63, 3.8) is 0 Å². The van der Waals surface area contributed by atoms with Crippen molar-refractivity contribution in [2.24, 2.45) is 11.7 Å². The van der Waals surface area contributed by atoms with Gasteiger partial charge in [-0.05, 0) is 49.3 Å². The smallest absolute Gasteiger partial charge is 0.335 e. The van der Waals surface area contributed by atoms with Gasteiger partial charge in [-0.1, -0.05) is 18.9 Å². The molecule has 2 atom stereocenters. The second kappa shape index (κ2) is 6.52. The number of carboxylic acids is 1. The molecule has 0 saturated heterocycles. The number of aromatic carboxylic acids is 1. The van der Waals surface area contributed by atoms with Crippen LogP contribution in [0.25, 0.3) is 21.0 Å². The molecule has 0 spiro atoms. The molecule has 0 aliphatic heterocycles. The lowest BCUT2D eigenvalue weighted by Crippen LogP contribution is -2.48. The van der Waals surface area contributed by atoms with Gasteiger partial charge in [0.25, 0.3) is 0 Å².